The molecule has 0 fully saturated rings. The van der Waals surface area contributed by atoms with Crippen molar-refractivity contribution in [2.24, 2.45) is 7.05 Å². The maximum Gasteiger partial charge on any atom is 0.194 e. The van der Waals surface area contributed by atoms with Crippen LogP contribution in [-0.2, 0) is 39.8 Å². The molecular weight excluding hydrogens is 303 g/mol. The standard InChI is InChI=1S/C14H14NO2.Y/c1-3-17-12-9-7-11(8-10-12)13-5-4-6-14(16)15(13)2;/h4,6-10H,3H2,1-2H3;/q-1;. The summed E-state index contributed by atoms with van der Waals surface area (Å²) in [6.07, 6.45) is 0. The van der Waals surface area contributed by atoms with E-state index >= 15 is 0 Å². The Morgan fingerprint density at radius 1 is 1.22 bits per heavy atom. The number of aromatic nitrogens is 1. The quantitative estimate of drug-likeness (QED) is 0.813. The third-order valence-corrected chi connectivity index (χ3v) is 2.55. The normalized spacial score (nSPS) is 9.67. The molecule has 0 N–H and O–H groups in total. The molecule has 0 spiro atoms. The fraction of sp³-hybridized carbons (Fsp3) is 0.214. The van der Waals surface area contributed by atoms with Gasteiger partial charge < -0.3 is 9.30 Å². The minimum Gasteiger partial charge on any atom is -0.494 e. The summed E-state index contributed by atoms with van der Waals surface area (Å²) >= 11 is 0. The summed E-state index contributed by atoms with van der Waals surface area (Å²) in [6, 6.07) is 13.9. The second-order valence-electron chi connectivity index (χ2n) is 3.68. The van der Waals surface area contributed by atoms with Gasteiger partial charge in [0.25, 0.3) is 0 Å². The predicted octanol–water partition coefficient (Wildman–Crippen LogP) is 2.25. The average Bonchev–Trinajstić information content (AvgIpc) is 2.34. The van der Waals surface area contributed by atoms with Gasteiger partial charge >= 0.3 is 0 Å². The van der Waals surface area contributed by atoms with Gasteiger partial charge in [0.2, 0.25) is 0 Å². The van der Waals surface area contributed by atoms with Gasteiger partial charge in [-0.05, 0) is 19.1 Å². The average molecular weight is 317 g/mol. The van der Waals surface area contributed by atoms with E-state index in [1.54, 1.807) is 17.7 Å². The molecule has 2 aromatic rings. The number of ether oxygens (including phenoxy) is 1. The fourth-order valence-corrected chi connectivity index (χ4v) is 1.66. The van der Waals surface area contributed by atoms with Gasteiger partial charge in [-0.2, -0.15) is 12.1 Å². The Bertz CT molecular complexity index is 561. The zero-order valence-electron chi connectivity index (χ0n) is 10.5. The number of hydrogen-bond acceptors (Lipinski definition) is 2. The smallest absolute Gasteiger partial charge is 0.194 e. The van der Waals surface area contributed by atoms with E-state index in [1.807, 2.05) is 31.2 Å². The zero-order chi connectivity index (χ0) is 12.3. The molecule has 0 aliphatic carbocycles. The van der Waals surface area contributed by atoms with Gasteiger partial charge in [0.05, 0.1) is 6.61 Å². The molecule has 3 nitrogen and oxygen atoms in total. The van der Waals surface area contributed by atoms with Gasteiger partial charge in [-0.15, -0.1) is 12.1 Å². The zero-order valence-corrected chi connectivity index (χ0v) is 13.4. The molecule has 18 heavy (non-hydrogen) atoms. The maximum absolute atomic E-state index is 11.5. The van der Waals surface area contributed by atoms with E-state index in [1.165, 1.54) is 6.07 Å². The molecule has 1 aromatic heterocycles. The molecule has 0 atom stereocenters. The van der Waals surface area contributed by atoms with Crippen LogP contribution in [0.4, 0.5) is 0 Å². The predicted molar refractivity (Wildman–Crippen MR) is 67.1 cm³/mol. The van der Waals surface area contributed by atoms with E-state index in [0.29, 0.717) is 6.61 Å². The summed E-state index contributed by atoms with van der Waals surface area (Å²) in [5, 5.41) is 0. The summed E-state index contributed by atoms with van der Waals surface area (Å²) in [6.45, 7) is 2.60. The van der Waals surface area contributed by atoms with Crippen LogP contribution in [0.25, 0.3) is 11.3 Å². The van der Waals surface area contributed by atoms with Crippen molar-refractivity contribution in [1.29, 1.82) is 0 Å². The van der Waals surface area contributed by atoms with E-state index < -0.39 is 0 Å². The van der Waals surface area contributed by atoms with E-state index in [4.69, 9.17) is 4.74 Å². The fourth-order valence-electron chi connectivity index (χ4n) is 1.66. The number of nitrogens with zero attached hydrogens (tertiary/aromatic N) is 1. The second kappa shape index (κ2) is 6.86. The Morgan fingerprint density at radius 2 is 1.89 bits per heavy atom. The van der Waals surface area contributed by atoms with E-state index in [2.05, 4.69) is 6.07 Å². The summed E-state index contributed by atoms with van der Waals surface area (Å²) in [4.78, 5) is 11.5. The summed E-state index contributed by atoms with van der Waals surface area (Å²) in [5.41, 5.74) is 1.70. The largest absolute Gasteiger partial charge is 0.494 e. The van der Waals surface area contributed by atoms with Crippen LogP contribution >= 0.6 is 0 Å². The molecule has 2 rings (SSSR count). The Morgan fingerprint density at radius 3 is 2.50 bits per heavy atom. The molecular formula is C14H14NO2Y-. The van der Waals surface area contributed by atoms with E-state index in [9.17, 15) is 4.79 Å². The number of hydrogen-bond donors (Lipinski definition) is 0. The third-order valence-electron chi connectivity index (χ3n) is 2.55. The van der Waals surface area contributed by atoms with Crippen molar-refractivity contribution in [2.45, 2.75) is 6.92 Å². The van der Waals surface area contributed by atoms with Crippen molar-refractivity contribution in [3.05, 3.63) is 52.8 Å². The van der Waals surface area contributed by atoms with E-state index in [0.717, 1.165) is 17.0 Å². The molecule has 1 radical (unpaired) electrons. The van der Waals surface area contributed by atoms with Crippen LogP contribution < -0.4 is 10.3 Å². The summed E-state index contributed by atoms with van der Waals surface area (Å²) in [5.74, 6) is 0.831. The summed E-state index contributed by atoms with van der Waals surface area (Å²) < 4.78 is 6.95. The monoisotopic (exact) mass is 317 g/mol. The van der Waals surface area contributed by atoms with Crippen LogP contribution in [0.15, 0.2) is 41.2 Å². The summed E-state index contributed by atoms with van der Waals surface area (Å²) in [7, 11) is 1.74. The van der Waals surface area contributed by atoms with Gasteiger partial charge in [-0.25, -0.2) is 0 Å². The number of pyridine rings is 1. The van der Waals surface area contributed by atoms with Gasteiger partial charge in [0.1, 0.15) is 5.75 Å². The molecule has 0 amide bonds. The molecule has 0 bridgehead atoms. The van der Waals surface area contributed by atoms with Crippen LogP contribution in [-0.4, -0.2) is 11.2 Å². The molecule has 0 aliphatic heterocycles. The Labute approximate surface area is 132 Å². The molecule has 91 valence electrons. The van der Waals surface area contributed by atoms with Gasteiger partial charge in [0, 0.05) is 39.8 Å². The molecule has 0 saturated carbocycles. The van der Waals surface area contributed by atoms with Crippen molar-refractivity contribution in [3.8, 4) is 17.0 Å². The van der Waals surface area contributed by atoms with Crippen molar-refractivity contribution in [2.75, 3.05) is 6.61 Å². The third kappa shape index (κ3) is 3.30. The SMILES string of the molecule is CCOc1ccc(-c2[c-]ccc(=O)n2C)cc1.[Y]. The van der Waals surface area contributed by atoms with E-state index in [-0.39, 0.29) is 38.3 Å². The minimum atomic E-state index is -0.0346. The topological polar surface area (TPSA) is 31.2 Å². The van der Waals surface area contributed by atoms with Gasteiger partial charge in [0.15, 0.2) is 5.56 Å². The van der Waals surface area contributed by atoms with Crippen molar-refractivity contribution < 1.29 is 37.4 Å². The first kappa shape index (κ1) is 15.1. The molecule has 1 aromatic carbocycles. The second-order valence-corrected chi connectivity index (χ2v) is 3.68. The Balaban J connectivity index is 0.00000162. The first-order chi connectivity index (χ1) is 8.22. The maximum atomic E-state index is 11.5. The van der Waals surface area contributed by atoms with Crippen molar-refractivity contribution in [3.63, 3.8) is 0 Å². The first-order valence-corrected chi connectivity index (χ1v) is 5.53. The van der Waals surface area contributed by atoms with Crippen LogP contribution in [0.3, 0.4) is 0 Å². The van der Waals surface area contributed by atoms with Gasteiger partial charge in [-0.3, -0.25) is 4.79 Å². The van der Waals surface area contributed by atoms with Gasteiger partial charge in [-0.1, -0.05) is 17.3 Å². The molecule has 4 heteroatoms. The van der Waals surface area contributed by atoms with Crippen molar-refractivity contribution in [1.82, 2.24) is 4.57 Å². The first-order valence-electron chi connectivity index (χ1n) is 5.53. The molecule has 0 aliphatic rings. The Kier molecular flexibility index (Phi) is 5.77. The van der Waals surface area contributed by atoms with Crippen LogP contribution in [0.5, 0.6) is 5.75 Å². The molecule has 1 heterocycles. The van der Waals surface area contributed by atoms with Crippen LogP contribution in [0.2, 0.25) is 0 Å². The minimum absolute atomic E-state index is 0. The van der Waals surface area contributed by atoms with Crippen molar-refractivity contribution >= 4 is 0 Å². The molecule has 0 saturated heterocycles. The van der Waals surface area contributed by atoms with Crippen LogP contribution in [0.1, 0.15) is 6.92 Å². The number of benzene rings is 1. The molecule has 0 unspecified atom stereocenters. The Hall–Kier alpha value is -0.926. The van der Waals surface area contributed by atoms with Crippen LogP contribution in [0, 0.1) is 6.07 Å². The number of rotatable bonds is 3.